The first-order chi connectivity index (χ1) is 6.99. The van der Waals surface area contributed by atoms with Crippen molar-refractivity contribution in [2.24, 2.45) is 0 Å². The van der Waals surface area contributed by atoms with Gasteiger partial charge in [0.25, 0.3) is 0 Å². The minimum absolute atomic E-state index is 0.231. The third-order valence-electron chi connectivity index (χ3n) is 2.43. The van der Waals surface area contributed by atoms with E-state index in [-0.39, 0.29) is 5.54 Å². The monoisotopic (exact) mass is 209 g/mol. The Kier molecular flexibility index (Phi) is 4.33. The molecular weight excluding hydrogens is 186 g/mol. The summed E-state index contributed by atoms with van der Waals surface area (Å²) in [5.41, 5.74) is 0.231. The number of rotatable bonds is 5. The van der Waals surface area contributed by atoms with E-state index in [0.717, 1.165) is 6.54 Å². The summed E-state index contributed by atoms with van der Waals surface area (Å²) < 4.78 is 2.02. The van der Waals surface area contributed by atoms with E-state index in [2.05, 4.69) is 38.1 Å². The Morgan fingerprint density at radius 2 is 2.13 bits per heavy atom. The Labute approximate surface area is 92.9 Å². The maximum Gasteiger partial charge on any atom is 0.0491 e. The topological polar surface area (TPSA) is 29.9 Å². The minimum Gasteiger partial charge on any atom is -0.312 e. The summed E-state index contributed by atoms with van der Waals surface area (Å²) in [5, 5.41) is 7.73. The summed E-state index contributed by atoms with van der Waals surface area (Å²) in [6, 6.07) is 2.48. The molecule has 0 aliphatic carbocycles. The van der Waals surface area contributed by atoms with Crippen molar-refractivity contribution in [1.29, 1.82) is 0 Å². The zero-order chi connectivity index (χ0) is 11.3. The smallest absolute Gasteiger partial charge is 0.0491 e. The van der Waals surface area contributed by atoms with Crippen molar-refractivity contribution in [3.8, 4) is 0 Å². The Hall–Kier alpha value is -0.830. The Morgan fingerprint density at radius 1 is 1.40 bits per heavy atom. The van der Waals surface area contributed by atoms with Crippen molar-refractivity contribution in [2.75, 3.05) is 6.54 Å². The number of hydrogen-bond donors (Lipinski definition) is 1. The SMILES string of the molecule is CC(CCCNC(C)(C)C)n1cccn1. The molecule has 3 heteroatoms. The third-order valence-corrected chi connectivity index (χ3v) is 2.43. The minimum atomic E-state index is 0.231. The lowest BCUT2D eigenvalue weighted by molar-refractivity contribution is 0.390. The van der Waals surface area contributed by atoms with E-state index >= 15 is 0 Å². The highest BCUT2D eigenvalue weighted by Gasteiger charge is 2.08. The molecular formula is C12H23N3. The Morgan fingerprint density at radius 3 is 2.67 bits per heavy atom. The average molecular weight is 209 g/mol. The second-order valence-corrected chi connectivity index (χ2v) is 5.15. The highest BCUT2D eigenvalue weighted by Crippen LogP contribution is 2.11. The molecule has 0 aliphatic heterocycles. The highest BCUT2D eigenvalue weighted by molar-refractivity contribution is 4.80. The first-order valence-corrected chi connectivity index (χ1v) is 5.73. The number of aromatic nitrogens is 2. The number of nitrogens with one attached hydrogen (secondary N) is 1. The molecule has 0 aromatic carbocycles. The van der Waals surface area contributed by atoms with Crippen LogP contribution in [-0.2, 0) is 0 Å². The van der Waals surface area contributed by atoms with E-state index in [1.807, 2.05) is 23.1 Å². The molecule has 1 aromatic heterocycles. The summed E-state index contributed by atoms with van der Waals surface area (Å²) in [4.78, 5) is 0. The zero-order valence-corrected chi connectivity index (χ0v) is 10.3. The Bertz CT molecular complexity index is 259. The molecule has 15 heavy (non-hydrogen) atoms. The summed E-state index contributed by atoms with van der Waals surface area (Å²) in [7, 11) is 0. The lowest BCUT2D eigenvalue weighted by Gasteiger charge is -2.21. The van der Waals surface area contributed by atoms with Crippen LogP contribution in [-0.4, -0.2) is 21.9 Å². The molecule has 0 bridgehead atoms. The van der Waals surface area contributed by atoms with Gasteiger partial charge in [-0.05, 0) is 53.1 Å². The van der Waals surface area contributed by atoms with Crippen LogP contribution in [0.15, 0.2) is 18.5 Å². The van der Waals surface area contributed by atoms with Gasteiger partial charge in [-0.15, -0.1) is 0 Å². The van der Waals surface area contributed by atoms with Crippen LogP contribution in [0.3, 0.4) is 0 Å². The molecule has 86 valence electrons. The summed E-state index contributed by atoms with van der Waals surface area (Å²) >= 11 is 0. The van der Waals surface area contributed by atoms with Crippen molar-refractivity contribution in [1.82, 2.24) is 15.1 Å². The largest absolute Gasteiger partial charge is 0.312 e. The van der Waals surface area contributed by atoms with E-state index < -0.39 is 0 Å². The molecule has 0 radical (unpaired) electrons. The van der Waals surface area contributed by atoms with Crippen LogP contribution < -0.4 is 5.32 Å². The molecule has 0 aliphatic rings. The van der Waals surface area contributed by atoms with Gasteiger partial charge in [0, 0.05) is 24.0 Å². The van der Waals surface area contributed by atoms with Gasteiger partial charge in [-0.2, -0.15) is 5.10 Å². The van der Waals surface area contributed by atoms with Gasteiger partial charge in [-0.25, -0.2) is 0 Å². The van der Waals surface area contributed by atoms with Crippen LogP contribution in [0.2, 0.25) is 0 Å². The first kappa shape index (κ1) is 12.2. The molecule has 3 nitrogen and oxygen atoms in total. The second-order valence-electron chi connectivity index (χ2n) is 5.15. The fourth-order valence-electron chi connectivity index (χ4n) is 1.53. The molecule has 0 spiro atoms. The number of nitrogens with zero attached hydrogens (tertiary/aromatic N) is 2. The van der Waals surface area contributed by atoms with Gasteiger partial charge >= 0.3 is 0 Å². The molecule has 0 saturated carbocycles. The molecule has 0 saturated heterocycles. The van der Waals surface area contributed by atoms with Gasteiger partial charge in [-0.3, -0.25) is 4.68 Å². The quantitative estimate of drug-likeness (QED) is 0.755. The number of hydrogen-bond acceptors (Lipinski definition) is 2. The molecule has 1 rings (SSSR count). The van der Waals surface area contributed by atoms with Crippen LogP contribution in [0, 0.1) is 0 Å². The van der Waals surface area contributed by atoms with Crippen molar-refractivity contribution >= 4 is 0 Å². The third kappa shape index (κ3) is 4.98. The fraction of sp³-hybridized carbons (Fsp3) is 0.750. The normalized spacial score (nSPS) is 14.1. The standard InChI is InChI=1S/C12H23N3/c1-11(15-10-6-9-14-15)7-5-8-13-12(2,3)4/h6,9-11,13H,5,7-8H2,1-4H3. The van der Waals surface area contributed by atoms with Crippen LogP contribution in [0.25, 0.3) is 0 Å². The van der Waals surface area contributed by atoms with Crippen LogP contribution >= 0.6 is 0 Å². The van der Waals surface area contributed by atoms with Gasteiger partial charge in [0.05, 0.1) is 0 Å². The highest BCUT2D eigenvalue weighted by atomic mass is 15.3. The average Bonchev–Trinajstić information content (AvgIpc) is 2.63. The Balaban J connectivity index is 2.16. The predicted molar refractivity (Wildman–Crippen MR) is 63.9 cm³/mol. The van der Waals surface area contributed by atoms with Crippen LogP contribution in [0.5, 0.6) is 0 Å². The molecule has 1 atom stereocenters. The van der Waals surface area contributed by atoms with E-state index in [1.165, 1.54) is 12.8 Å². The van der Waals surface area contributed by atoms with Crippen LogP contribution in [0.1, 0.15) is 46.6 Å². The first-order valence-electron chi connectivity index (χ1n) is 5.73. The van der Waals surface area contributed by atoms with Crippen molar-refractivity contribution in [3.63, 3.8) is 0 Å². The van der Waals surface area contributed by atoms with Gasteiger partial charge < -0.3 is 5.32 Å². The fourth-order valence-corrected chi connectivity index (χ4v) is 1.53. The molecule has 1 heterocycles. The van der Waals surface area contributed by atoms with E-state index in [4.69, 9.17) is 0 Å². The van der Waals surface area contributed by atoms with Gasteiger partial charge in [0.1, 0.15) is 0 Å². The van der Waals surface area contributed by atoms with Crippen molar-refractivity contribution in [2.45, 2.75) is 52.1 Å². The van der Waals surface area contributed by atoms with Crippen molar-refractivity contribution in [3.05, 3.63) is 18.5 Å². The zero-order valence-electron chi connectivity index (χ0n) is 10.3. The predicted octanol–water partition coefficient (Wildman–Crippen LogP) is 2.61. The lowest BCUT2D eigenvalue weighted by atomic mass is 10.1. The summed E-state index contributed by atoms with van der Waals surface area (Å²) in [5.74, 6) is 0. The van der Waals surface area contributed by atoms with Gasteiger partial charge in [0.15, 0.2) is 0 Å². The van der Waals surface area contributed by atoms with E-state index in [9.17, 15) is 0 Å². The second kappa shape index (κ2) is 5.31. The van der Waals surface area contributed by atoms with Gasteiger partial charge in [0.2, 0.25) is 0 Å². The van der Waals surface area contributed by atoms with Crippen molar-refractivity contribution < 1.29 is 0 Å². The molecule has 0 amide bonds. The molecule has 1 unspecified atom stereocenters. The van der Waals surface area contributed by atoms with Gasteiger partial charge in [-0.1, -0.05) is 0 Å². The van der Waals surface area contributed by atoms with Crippen LogP contribution in [0.4, 0.5) is 0 Å². The molecule has 0 fully saturated rings. The molecule has 1 aromatic rings. The maximum atomic E-state index is 4.24. The lowest BCUT2D eigenvalue weighted by Crippen LogP contribution is -2.36. The summed E-state index contributed by atoms with van der Waals surface area (Å²) in [6.45, 7) is 9.89. The summed E-state index contributed by atoms with van der Waals surface area (Å²) in [6.07, 6.45) is 6.23. The van der Waals surface area contributed by atoms with E-state index in [1.54, 1.807) is 0 Å². The maximum absolute atomic E-state index is 4.24. The van der Waals surface area contributed by atoms with E-state index in [0.29, 0.717) is 6.04 Å². The molecule has 1 N–H and O–H groups in total.